The van der Waals surface area contributed by atoms with E-state index in [0.717, 1.165) is 12.3 Å². The van der Waals surface area contributed by atoms with E-state index in [4.69, 9.17) is 5.26 Å². The summed E-state index contributed by atoms with van der Waals surface area (Å²) in [7, 11) is 4.16. The summed E-state index contributed by atoms with van der Waals surface area (Å²) >= 11 is 0. The first kappa shape index (κ1) is 10.5. The lowest BCUT2D eigenvalue weighted by Crippen LogP contribution is -2.34. The van der Waals surface area contributed by atoms with Crippen molar-refractivity contribution in [2.75, 3.05) is 27.2 Å². The lowest BCUT2D eigenvalue weighted by Gasteiger charge is -2.21. The molecule has 0 radical (unpaired) electrons. The predicted octanol–water partition coefficient (Wildman–Crippen LogP) is 0.830. The van der Waals surface area contributed by atoms with Crippen molar-refractivity contribution in [3.05, 3.63) is 0 Å². The molecule has 1 rings (SSSR count). The molecule has 1 heterocycles. The Labute approximate surface area is 80.7 Å². The van der Waals surface area contributed by atoms with Gasteiger partial charge in [0, 0.05) is 19.0 Å². The number of nitrogens with zero attached hydrogens (tertiary/aromatic N) is 2. The van der Waals surface area contributed by atoms with Gasteiger partial charge in [-0.05, 0) is 39.4 Å². The van der Waals surface area contributed by atoms with Gasteiger partial charge in [0.05, 0.1) is 6.07 Å². The van der Waals surface area contributed by atoms with Crippen molar-refractivity contribution in [3.8, 4) is 6.07 Å². The van der Waals surface area contributed by atoms with Crippen LogP contribution in [0.2, 0.25) is 0 Å². The van der Waals surface area contributed by atoms with E-state index in [0.29, 0.717) is 12.5 Å². The summed E-state index contributed by atoms with van der Waals surface area (Å²) in [6.45, 7) is 2.38. The average Bonchev–Trinajstić information content (AvgIpc) is 2.54. The highest BCUT2D eigenvalue weighted by Crippen LogP contribution is 2.20. The molecule has 0 bridgehead atoms. The Bertz CT molecular complexity index is 185. The molecule has 0 aromatic carbocycles. The van der Waals surface area contributed by atoms with Gasteiger partial charge in [-0.1, -0.05) is 0 Å². The lowest BCUT2D eigenvalue weighted by atomic mass is 9.95. The largest absolute Gasteiger partial charge is 0.317 e. The number of hydrogen-bond acceptors (Lipinski definition) is 3. The molecule has 0 aromatic rings. The molecule has 0 aromatic heterocycles. The molecule has 1 N–H and O–H groups in total. The van der Waals surface area contributed by atoms with Crippen molar-refractivity contribution in [2.24, 2.45) is 5.92 Å². The third-order valence-corrected chi connectivity index (χ3v) is 2.93. The first-order valence-electron chi connectivity index (χ1n) is 5.00. The van der Waals surface area contributed by atoms with E-state index < -0.39 is 0 Å². The molecule has 0 saturated carbocycles. The van der Waals surface area contributed by atoms with Crippen LogP contribution >= 0.6 is 0 Å². The van der Waals surface area contributed by atoms with Gasteiger partial charge in [0.15, 0.2) is 0 Å². The maximum atomic E-state index is 8.52. The Morgan fingerprint density at radius 2 is 2.46 bits per heavy atom. The minimum absolute atomic E-state index is 0.532. The molecule has 0 spiro atoms. The van der Waals surface area contributed by atoms with Crippen LogP contribution in [0.4, 0.5) is 0 Å². The van der Waals surface area contributed by atoms with Gasteiger partial charge in [0.2, 0.25) is 0 Å². The zero-order chi connectivity index (χ0) is 9.68. The summed E-state index contributed by atoms with van der Waals surface area (Å²) in [6, 6.07) is 2.75. The van der Waals surface area contributed by atoms with Crippen LogP contribution in [0.25, 0.3) is 0 Å². The van der Waals surface area contributed by atoms with Crippen molar-refractivity contribution in [3.63, 3.8) is 0 Å². The third kappa shape index (κ3) is 2.98. The Morgan fingerprint density at radius 3 is 2.92 bits per heavy atom. The van der Waals surface area contributed by atoms with Crippen molar-refractivity contribution in [1.29, 1.82) is 5.26 Å². The van der Waals surface area contributed by atoms with Gasteiger partial charge >= 0.3 is 0 Å². The Hall–Kier alpha value is -0.590. The van der Waals surface area contributed by atoms with Gasteiger partial charge in [-0.25, -0.2) is 0 Å². The summed E-state index contributed by atoms with van der Waals surface area (Å²) in [5, 5.41) is 11.8. The molecule has 0 amide bonds. The van der Waals surface area contributed by atoms with Crippen molar-refractivity contribution < 1.29 is 0 Å². The minimum Gasteiger partial charge on any atom is -0.317 e. The summed E-state index contributed by atoms with van der Waals surface area (Å²) in [5.74, 6) is 0.739. The van der Waals surface area contributed by atoms with Crippen LogP contribution in [-0.4, -0.2) is 38.1 Å². The van der Waals surface area contributed by atoms with Gasteiger partial charge in [0.25, 0.3) is 0 Å². The number of likely N-dealkylation sites (tertiary alicyclic amines) is 1. The smallest absolute Gasteiger partial charge is 0.0622 e. The van der Waals surface area contributed by atoms with Crippen molar-refractivity contribution in [2.45, 2.75) is 25.3 Å². The van der Waals surface area contributed by atoms with Crippen molar-refractivity contribution >= 4 is 0 Å². The van der Waals surface area contributed by atoms with E-state index in [2.05, 4.69) is 23.3 Å². The van der Waals surface area contributed by atoms with Gasteiger partial charge in [-0.3, -0.25) is 0 Å². The summed E-state index contributed by atoms with van der Waals surface area (Å²) in [5.41, 5.74) is 0. The number of nitrogens with one attached hydrogen (secondary N) is 1. The lowest BCUT2D eigenvalue weighted by molar-refractivity contribution is 0.336. The molecule has 3 nitrogen and oxygen atoms in total. The summed E-state index contributed by atoms with van der Waals surface area (Å²) < 4.78 is 0. The fraction of sp³-hybridized carbons (Fsp3) is 0.900. The van der Waals surface area contributed by atoms with Gasteiger partial charge in [0.1, 0.15) is 0 Å². The molecule has 2 atom stereocenters. The predicted molar refractivity (Wildman–Crippen MR) is 53.3 cm³/mol. The maximum absolute atomic E-state index is 8.52. The molecular formula is C10H19N3. The van der Waals surface area contributed by atoms with E-state index in [1.54, 1.807) is 0 Å². The van der Waals surface area contributed by atoms with Gasteiger partial charge in [-0.2, -0.15) is 5.26 Å². The molecular weight excluding hydrogens is 162 g/mol. The molecule has 1 saturated heterocycles. The standard InChI is InChI=1S/C10H19N3/c1-12-10(4-3-6-11)9-5-7-13(2)8-9/h9-10,12H,3-5,7-8H2,1-2H3. The first-order valence-corrected chi connectivity index (χ1v) is 5.00. The monoisotopic (exact) mass is 181 g/mol. The zero-order valence-corrected chi connectivity index (χ0v) is 8.58. The molecule has 2 unspecified atom stereocenters. The van der Waals surface area contributed by atoms with Crippen LogP contribution in [0.1, 0.15) is 19.3 Å². The first-order chi connectivity index (χ1) is 6.27. The number of nitriles is 1. The normalized spacial score (nSPS) is 25.8. The summed E-state index contributed by atoms with van der Waals surface area (Å²) in [6.07, 6.45) is 2.94. The molecule has 0 aliphatic carbocycles. The van der Waals surface area contributed by atoms with E-state index in [9.17, 15) is 0 Å². The fourth-order valence-corrected chi connectivity index (χ4v) is 2.13. The Balaban J connectivity index is 2.34. The molecule has 13 heavy (non-hydrogen) atoms. The molecule has 3 heteroatoms. The molecule has 1 fully saturated rings. The van der Waals surface area contributed by atoms with E-state index in [-0.39, 0.29) is 0 Å². The minimum atomic E-state index is 0.532. The molecule has 1 aliphatic heterocycles. The highest BCUT2D eigenvalue weighted by molar-refractivity contribution is 4.85. The second-order valence-corrected chi connectivity index (χ2v) is 3.90. The highest BCUT2D eigenvalue weighted by Gasteiger charge is 2.26. The third-order valence-electron chi connectivity index (χ3n) is 2.93. The van der Waals surface area contributed by atoms with Gasteiger partial charge in [-0.15, -0.1) is 0 Å². The van der Waals surface area contributed by atoms with Crippen LogP contribution in [-0.2, 0) is 0 Å². The second kappa shape index (κ2) is 5.21. The fourth-order valence-electron chi connectivity index (χ4n) is 2.13. The molecule has 1 aliphatic rings. The van der Waals surface area contributed by atoms with E-state index in [1.807, 2.05) is 7.05 Å². The topological polar surface area (TPSA) is 39.1 Å². The Kier molecular flexibility index (Phi) is 4.20. The van der Waals surface area contributed by atoms with Crippen LogP contribution in [0, 0.1) is 17.2 Å². The second-order valence-electron chi connectivity index (χ2n) is 3.90. The number of hydrogen-bond donors (Lipinski definition) is 1. The highest BCUT2D eigenvalue weighted by atomic mass is 15.1. The Morgan fingerprint density at radius 1 is 1.69 bits per heavy atom. The summed E-state index contributed by atoms with van der Waals surface area (Å²) in [4.78, 5) is 2.36. The van der Waals surface area contributed by atoms with E-state index >= 15 is 0 Å². The SMILES string of the molecule is CNC(CCC#N)C1CCN(C)C1. The van der Waals surface area contributed by atoms with Crippen LogP contribution in [0.15, 0.2) is 0 Å². The van der Waals surface area contributed by atoms with Crippen LogP contribution in [0.5, 0.6) is 0 Å². The van der Waals surface area contributed by atoms with Crippen molar-refractivity contribution in [1.82, 2.24) is 10.2 Å². The van der Waals surface area contributed by atoms with Crippen LogP contribution in [0.3, 0.4) is 0 Å². The maximum Gasteiger partial charge on any atom is 0.0622 e. The van der Waals surface area contributed by atoms with E-state index in [1.165, 1.54) is 19.5 Å². The quantitative estimate of drug-likeness (QED) is 0.698. The zero-order valence-electron chi connectivity index (χ0n) is 8.58. The van der Waals surface area contributed by atoms with Gasteiger partial charge < -0.3 is 10.2 Å². The van der Waals surface area contributed by atoms with Crippen LogP contribution < -0.4 is 5.32 Å². The average molecular weight is 181 g/mol. The molecule has 74 valence electrons. The number of rotatable bonds is 4.